The number of carbonyl (C=O) groups excluding carboxylic acids is 1. The van der Waals surface area contributed by atoms with E-state index in [4.69, 9.17) is 5.73 Å². The molecule has 1 aromatic heterocycles. The number of imidazole rings is 1. The fraction of sp³-hybridized carbons (Fsp3) is 0.0588. The average molecular weight is 356 g/mol. The highest BCUT2D eigenvalue weighted by Gasteiger charge is 2.19. The highest BCUT2D eigenvalue weighted by atomic mass is 79.9. The molecule has 1 heterocycles. The minimum absolute atomic E-state index is 0.123. The van der Waals surface area contributed by atoms with Crippen molar-refractivity contribution in [1.82, 2.24) is 9.97 Å². The Balaban J connectivity index is 2.06. The van der Waals surface area contributed by atoms with Crippen LogP contribution in [0.15, 0.2) is 53.0 Å². The van der Waals surface area contributed by atoms with Crippen LogP contribution in [0.2, 0.25) is 0 Å². The number of nitrogens with zero attached hydrogens (tertiary/aromatic N) is 1. The fourth-order valence-corrected chi connectivity index (χ4v) is 2.49. The molecule has 2 aromatic carbocycles. The van der Waals surface area contributed by atoms with Gasteiger partial charge in [-0.05, 0) is 19.1 Å². The van der Waals surface area contributed by atoms with E-state index >= 15 is 0 Å². The quantitative estimate of drug-likeness (QED) is 0.698. The number of nitrogens with one attached hydrogen (secondary N) is 1. The van der Waals surface area contributed by atoms with E-state index < -0.39 is 0 Å². The van der Waals surface area contributed by atoms with Crippen molar-refractivity contribution in [3.05, 3.63) is 69.8 Å². The van der Waals surface area contributed by atoms with Crippen molar-refractivity contribution in [2.45, 2.75) is 6.92 Å². The lowest BCUT2D eigenvalue weighted by molar-refractivity contribution is 0.103. The van der Waals surface area contributed by atoms with Crippen LogP contribution >= 0.6 is 15.9 Å². The first kappa shape index (κ1) is 14.5. The highest BCUT2D eigenvalue weighted by molar-refractivity contribution is 9.10. The monoisotopic (exact) mass is 355 g/mol. The van der Waals surface area contributed by atoms with Crippen molar-refractivity contribution in [2.75, 3.05) is 5.73 Å². The third-order valence-corrected chi connectivity index (χ3v) is 3.91. The molecule has 0 unspecified atom stereocenters. The third-order valence-electron chi connectivity index (χ3n) is 3.38. The number of aromatic nitrogens is 2. The van der Waals surface area contributed by atoms with Gasteiger partial charge in [-0.15, -0.1) is 0 Å². The molecule has 0 saturated heterocycles. The van der Waals surface area contributed by atoms with Crippen LogP contribution in [0.3, 0.4) is 0 Å². The summed E-state index contributed by atoms with van der Waals surface area (Å²) in [5.41, 5.74) is 9.28. The van der Waals surface area contributed by atoms with E-state index in [2.05, 4.69) is 25.9 Å². The van der Waals surface area contributed by atoms with E-state index in [0.717, 1.165) is 15.6 Å². The minimum Gasteiger partial charge on any atom is -0.369 e. The Kier molecular flexibility index (Phi) is 3.81. The summed E-state index contributed by atoms with van der Waals surface area (Å²) in [6.45, 7) is 1.98. The van der Waals surface area contributed by atoms with Gasteiger partial charge < -0.3 is 10.7 Å². The van der Waals surface area contributed by atoms with Gasteiger partial charge in [-0.1, -0.05) is 57.9 Å². The van der Waals surface area contributed by atoms with Gasteiger partial charge in [0.05, 0.1) is 0 Å². The Morgan fingerprint density at radius 3 is 2.36 bits per heavy atom. The van der Waals surface area contributed by atoms with Crippen molar-refractivity contribution in [3.8, 4) is 11.3 Å². The molecule has 0 spiro atoms. The first-order valence-electron chi connectivity index (χ1n) is 6.77. The standard InChI is InChI=1S/C17H14BrN3O/c1-10-2-4-12(5-3-10)16(22)15-14(20-17(19)21-15)11-6-8-13(18)9-7-11/h2-9H,1H3,(H3,19,20,21). The Morgan fingerprint density at radius 1 is 1.09 bits per heavy atom. The topological polar surface area (TPSA) is 71.8 Å². The summed E-state index contributed by atoms with van der Waals surface area (Å²) in [6, 6.07) is 15.0. The molecular formula is C17H14BrN3O. The maximum atomic E-state index is 12.7. The van der Waals surface area contributed by atoms with Crippen LogP contribution in [0.1, 0.15) is 21.6 Å². The second kappa shape index (κ2) is 5.77. The molecule has 3 rings (SSSR count). The number of halogens is 1. The zero-order valence-corrected chi connectivity index (χ0v) is 13.5. The normalized spacial score (nSPS) is 10.6. The summed E-state index contributed by atoms with van der Waals surface area (Å²) in [7, 11) is 0. The zero-order valence-electron chi connectivity index (χ0n) is 11.9. The number of rotatable bonds is 3. The predicted octanol–water partition coefficient (Wildman–Crippen LogP) is 3.96. The van der Waals surface area contributed by atoms with Crippen LogP contribution in [-0.2, 0) is 0 Å². The van der Waals surface area contributed by atoms with E-state index in [1.165, 1.54) is 0 Å². The fourth-order valence-electron chi connectivity index (χ4n) is 2.22. The molecule has 0 saturated carbocycles. The summed E-state index contributed by atoms with van der Waals surface area (Å²) >= 11 is 3.39. The molecular weight excluding hydrogens is 342 g/mol. The van der Waals surface area contributed by atoms with Gasteiger partial charge in [0.25, 0.3) is 0 Å². The minimum atomic E-state index is -0.123. The maximum Gasteiger partial charge on any atom is 0.211 e. The highest BCUT2D eigenvalue weighted by Crippen LogP contribution is 2.26. The van der Waals surface area contributed by atoms with E-state index in [-0.39, 0.29) is 11.7 Å². The second-order valence-electron chi connectivity index (χ2n) is 5.05. The van der Waals surface area contributed by atoms with Crippen molar-refractivity contribution in [3.63, 3.8) is 0 Å². The van der Waals surface area contributed by atoms with Gasteiger partial charge in [-0.2, -0.15) is 0 Å². The summed E-state index contributed by atoms with van der Waals surface area (Å²) in [6.07, 6.45) is 0. The number of aryl methyl sites for hydroxylation is 1. The number of hydrogen-bond donors (Lipinski definition) is 2. The number of nitrogen functional groups attached to an aromatic ring is 1. The lowest BCUT2D eigenvalue weighted by Gasteiger charge is -2.03. The van der Waals surface area contributed by atoms with Gasteiger partial charge >= 0.3 is 0 Å². The summed E-state index contributed by atoms with van der Waals surface area (Å²) in [5.74, 6) is 0.107. The number of anilines is 1. The zero-order chi connectivity index (χ0) is 15.7. The number of ketones is 1. The summed E-state index contributed by atoms with van der Waals surface area (Å²) in [5, 5.41) is 0. The van der Waals surface area contributed by atoms with E-state index in [1.807, 2.05) is 43.3 Å². The average Bonchev–Trinajstić information content (AvgIpc) is 2.90. The van der Waals surface area contributed by atoms with Gasteiger partial charge in [0, 0.05) is 15.6 Å². The van der Waals surface area contributed by atoms with Crippen molar-refractivity contribution in [2.24, 2.45) is 0 Å². The van der Waals surface area contributed by atoms with Crippen LogP contribution in [0.25, 0.3) is 11.3 Å². The lowest BCUT2D eigenvalue weighted by atomic mass is 10.0. The van der Waals surface area contributed by atoms with Crippen LogP contribution in [0, 0.1) is 6.92 Å². The molecule has 110 valence electrons. The molecule has 0 aliphatic rings. The van der Waals surface area contributed by atoms with E-state index in [9.17, 15) is 4.79 Å². The molecule has 5 heteroatoms. The van der Waals surface area contributed by atoms with Gasteiger partial charge in [0.15, 0.2) is 5.95 Å². The van der Waals surface area contributed by atoms with Crippen LogP contribution < -0.4 is 5.73 Å². The first-order chi connectivity index (χ1) is 10.5. The maximum absolute atomic E-state index is 12.7. The Morgan fingerprint density at radius 2 is 1.73 bits per heavy atom. The molecule has 0 aliphatic heterocycles. The molecule has 0 radical (unpaired) electrons. The SMILES string of the molecule is Cc1ccc(C(=O)c2[nH]c(N)nc2-c2ccc(Br)cc2)cc1. The van der Waals surface area contributed by atoms with Gasteiger partial charge in [-0.3, -0.25) is 4.79 Å². The Labute approximate surface area is 136 Å². The molecule has 0 fully saturated rings. The second-order valence-corrected chi connectivity index (χ2v) is 5.96. The molecule has 4 nitrogen and oxygen atoms in total. The van der Waals surface area contributed by atoms with Crippen LogP contribution in [0.5, 0.6) is 0 Å². The van der Waals surface area contributed by atoms with Crippen molar-refractivity contribution < 1.29 is 4.79 Å². The number of H-pyrrole nitrogens is 1. The molecule has 0 amide bonds. The molecule has 3 aromatic rings. The molecule has 3 N–H and O–H groups in total. The van der Waals surface area contributed by atoms with Gasteiger partial charge in [0.2, 0.25) is 5.78 Å². The smallest absolute Gasteiger partial charge is 0.211 e. The lowest BCUT2D eigenvalue weighted by Crippen LogP contribution is -2.04. The molecule has 0 bridgehead atoms. The van der Waals surface area contributed by atoms with Crippen LogP contribution in [-0.4, -0.2) is 15.8 Å². The number of hydrogen-bond acceptors (Lipinski definition) is 3. The first-order valence-corrected chi connectivity index (χ1v) is 7.56. The number of nitrogens with two attached hydrogens (primary N) is 1. The summed E-state index contributed by atoms with van der Waals surface area (Å²) in [4.78, 5) is 19.8. The molecule has 22 heavy (non-hydrogen) atoms. The van der Waals surface area contributed by atoms with Gasteiger partial charge in [-0.25, -0.2) is 4.98 Å². The summed E-state index contributed by atoms with van der Waals surface area (Å²) < 4.78 is 0.964. The van der Waals surface area contributed by atoms with E-state index in [1.54, 1.807) is 12.1 Å². The number of benzene rings is 2. The Bertz CT molecular complexity index is 820. The Hall–Kier alpha value is -2.40. The van der Waals surface area contributed by atoms with Crippen molar-refractivity contribution >= 4 is 27.7 Å². The largest absolute Gasteiger partial charge is 0.369 e. The van der Waals surface area contributed by atoms with Crippen molar-refractivity contribution in [1.29, 1.82) is 0 Å². The van der Waals surface area contributed by atoms with E-state index in [0.29, 0.717) is 17.0 Å². The number of aromatic amines is 1. The van der Waals surface area contributed by atoms with Gasteiger partial charge in [0.1, 0.15) is 11.4 Å². The number of carbonyl (C=O) groups is 1. The molecule has 0 aliphatic carbocycles. The predicted molar refractivity (Wildman–Crippen MR) is 90.7 cm³/mol. The van der Waals surface area contributed by atoms with Crippen LogP contribution in [0.4, 0.5) is 5.95 Å². The molecule has 0 atom stereocenters. The third kappa shape index (κ3) is 2.80.